The van der Waals surface area contributed by atoms with Crippen molar-refractivity contribution in [2.75, 3.05) is 33.1 Å². The third-order valence-electron chi connectivity index (χ3n) is 5.06. The second-order valence-electron chi connectivity index (χ2n) is 6.98. The van der Waals surface area contributed by atoms with Gasteiger partial charge in [0.2, 0.25) is 0 Å². The van der Waals surface area contributed by atoms with Crippen molar-refractivity contribution >= 4 is 15.8 Å². The molecule has 6 nitrogen and oxygen atoms in total. The van der Waals surface area contributed by atoms with E-state index in [4.69, 9.17) is 4.74 Å². The number of nitrogens with one attached hydrogen (secondary N) is 2. The maximum absolute atomic E-state index is 12.9. The number of halogens is 3. The molecule has 10 heteroatoms. The number of hydrogen-bond acceptors (Lipinski definition) is 4. The molecule has 1 aromatic carbocycles. The molecule has 1 atom stereocenters. The molecule has 0 spiro atoms. The lowest BCUT2D eigenvalue weighted by Gasteiger charge is -2.36. The van der Waals surface area contributed by atoms with Crippen molar-refractivity contribution in [1.82, 2.24) is 10.6 Å². The average Bonchev–Trinajstić information content (AvgIpc) is 2.64. The number of hydrogen-bond donors (Lipinski definition) is 2. The number of sulfone groups is 1. The molecule has 0 radical (unpaired) electrons. The highest BCUT2D eigenvalue weighted by atomic mass is 32.2. The first kappa shape index (κ1) is 22.5. The summed E-state index contributed by atoms with van der Waals surface area (Å²) in [5.74, 6) is 0.319. The summed E-state index contributed by atoms with van der Waals surface area (Å²) in [7, 11) is -1.83. The molecule has 1 heterocycles. The van der Waals surface area contributed by atoms with E-state index in [0.717, 1.165) is 12.1 Å². The van der Waals surface area contributed by atoms with Gasteiger partial charge in [-0.05, 0) is 37.5 Å². The maximum Gasteiger partial charge on any atom is 0.416 e. The van der Waals surface area contributed by atoms with Gasteiger partial charge in [-0.2, -0.15) is 13.2 Å². The standard InChI is InChI=1S/C18H26F3N3O3S/c1-13(14-5-4-6-15(11-14)18(19,20)21)24-16(22-2)23-12-17(28(3,25)26)7-9-27-10-8-17/h4-6,11,13H,7-10,12H2,1-3H3,(H2,22,23,24). The Morgan fingerprint density at radius 3 is 2.50 bits per heavy atom. The fraction of sp³-hybridized carbons (Fsp3) is 0.611. The van der Waals surface area contributed by atoms with Crippen LogP contribution in [0.1, 0.15) is 36.9 Å². The average molecular weight is 421 g/mol. The largest absolute Gasteiger partial charge is 0.416 e. The molecule has 2 N–H and O–H groups in total. The van der Waals surface area contributed by atoms with Crippen molar-refractivity contribution < 1.29 is 26.3 Å². The van der Waals surface area contributed by atoms with Crippen LogP contribution in [0, 0.1) is 0 Å². The van der Waals surface area contributed by atoms with Crippen molar-refractivity contribution in [2.45, 2.75) is 36.7 Å². The summed E-state index contributed by atoms with van der Waals surface area (Å²) in [5.41, 5.74) is -0.276. The second-order valence-corrected chi connectivity index (χ2v) is 9.39. The number of aliphatic imine (C=N–C) groups is 1. The monoisotopic (exact) mass is 421 g/mol. The predicted molar refractivity (Wildman–Crippen MR) is 102 cm³/mol. The quantitative estimate of drug-likeness (QED) is 0.564. The van der Waals surface area contributed by atoms with Crippen molar-refractivity contribution in [3.63, 3.8) is 0 Å². The van der Waals surface area contributed by atoms with Gasteiger partial charge in [0.25, 0.3) is 0 Å². The molecular formula is C18H26F3N3O3S. The van der Waals surface area contributed by atoms with E-state index < -0.39 is 32.4 Å². The fourth-order valence-corrected chi connectivity index (χ4v) is 4.38. The SMILES string of the molecule is CN=C(NCC1(S(C)(=O)=O)CCOCC1)NC(C)c1cccc(C(F)(F)F)c1. The smallest absolute Gasteiger partial charge is 0.381 e. The van der Waals surface area contributed by atoms with Crippen LogP contribution in [0.3, 0.4) is 0 Å². The molecule has 0 aliphatic carbocycles. The Morgan fingerprint density at radius 1 is 1.32 bits per heavy atom. The zero-order valence-electron chi connectivity index (χ0n) is 16.1. The molecule has 1 saturated heterocycles. The number of alkyl halides is 3. The van der Waals surface area contributed by atoms with Crippen LogP contribution in [0.2, 0.25) is 0 Å². The normalized spacial score (nSPS) is 19.1. The number of benzene rings is 1. The van der Waals surface area contributed by atoms with Crippen LogP contribution in [0.15, 0.2) is 29.3 Å². The van der Waals surface area contributed by atoms with E-state index in [1.807, 2.05) is 0 Å². The lowest BCUT2D eigenvalue weighted by Crippen LogP contribution is -2.53. The third kappa shape index (κ3) is 5.38. The first-order valence-corrected chi connectivity index (χ1v) is 10.8. The van der Waals surface area contributed by atoms with Gasteiger partial charge in [0.1, 0.15) is 0 Å². The highest BCUT2D eigenvalue weighted by Gasteiger charge is 2.42. The van der Waals surface area contributed by atoms with Crippen molar-refractivity contribution in [3.8, 4) is 0 Å². The van der Waals surface area contributed by atoms with Crippen LogP contribution in [-0.2, 0) is 20.8 Å². The summed E-state index contributed by atoms with van der Waals surface area (Å²) < 4.78 is 67.7. The molecule has 158 valence electrons. The lowest BCUT2D eigenvalue weighted by atomic mass is 9.99. The molecule has 0 aromatic heterocycles. The van der Waals surface area contributed by atoms with Crippen molar-refractivity contribution in [2.24, 2.45) is 4.99 Å². The van der Waals surface area contributed by atoms with Crippen LogP contribution in [0.25, 0.3) is 0 Å². The number of rotatable bonds is 5. The Labute approximate surface area is 163 Å². The summed E-state index contributed by atoms with van der Waals surface area (Å²) in [6.07, 6.45) is -2.46. The van der Waals surface area contributed by atoms with Crippen molar-refractivity contribution in [1.29, 1.82) is 0 Å². The highest BCUT2D eigenvalue weighted by Crippen LogP contribution is 2.31. The van der Waals surface area contributed by atoms with Gasteiger partial charge >= 0.3 is 6.18 Å². The van der Waals surface area contributed by atoms with Crippen LogP contribution in [0.5, 0.6) is 0 Å². The van der Waals surface area contributed by atoms with Gasteiger partial charge in [-0.25, -0.2) is 8.42 Å². The van der Waals surface area contributed by atoms with Crippen LogP contribution < -0.4 is 10.6 Å². The van der Waals surface area contributed by atoms with Gasteiger partial charge in [0, 0.05) is 33.1 Å². The summed E-state index contributed by atoms with van der Waals surface area (Å²) in [6, 6.07) is 4.59. The van der Waals surface area contributed by atoms with Gasteiger partial charge in [0.05, 0.1) is 16.4 Å². The zero-order valence-corrected chi connectivity index (χ0v) is 17.0. The summed E-state index contributed by atoms with van der Waals surface area (Å²) in [6.45, 7) is 2.58. The van der Waals surface area contributed by atoms with E-state index in [9.17, 15) is 21.6 Å². The number of guanidine groups is 1. The molecule has 28 heavy (non-hydrogen) atoms. The van der Waals surface area contributed by atoms with Gasteiger partial charge in [0.15, 0.2) is 15.8 Å². The molecule has 1 fully saturated rings. The van der Waals surface area contributed by atoms with Gasteiger partial charge in [-0.3, -0.25) is 4.99 Å². The highest BCUT2D eigenvalue weighted by molar-refractivity contribution is 7.92. The van der Waals surface area contributed by atoms with Crippen LogP contribution in [0.4, 0.5) is 13.2 Å². The van der Waals surface area contributed by atoms with E-state index in [1.54, 1.807) is 13.0 Å². The summed E-state index contributed by atoms with van der Waals surface area (Å²) in [5, 5.41) is 6.03. The zero-order chi connectivity index (χ0) is 21.0. The molecule has 0 bridgehead atoms. The van der Waals surface area contributed by atoms with E-state index in [-0.39, 0.29) is 6.54 Å². The van der Waals surface area contributed by atoms with Gasteiger partial charge in [-0.15, -0.1) is 0 Å². The Kier molecular flexibility index (Phi) is 6.97. The third-order valence-corrected chi connectivity index (χ3v) is 7.19. The topological polar surface area (TPSA) is 79.8 Å². The number of nitrogens with zero attached hydrogens (tertiary/aromatic N) is 1. The van der Waals surface area contributed by atoms with E-state index in [0.29, 0.717) is 37.6 Å². The number of ether oxygens (including phenoxy) is 1. The lowest BCUT2D eigenvalue weighted by molar-refractivity contribution is -0.137. The molecule has 2 rings (SSSR count). The first-order valence-electron chi connectivity index (χ1n) is 8.90. The molecule has 0 saturated carbocycles. The molecular weight excluding hydrogens is 395 g/mol. The molecule has 1 aliphatic heterocycles. The predicted octanol–water partition coefficient (Wildman–Crippen LogP) is 2.53. The molecule has 1 unspecified atom stereocenters. The summed E-state index contributed by atoms with van der Waals surface area (Å²) >= 11 is 0. The Hall–Kier alpha value is -1.81. The molecule has 1 aliphatic rings. The van der Waals surface area contributed by atoms with Crippen LogP contribution >= 0.6 is 0 Å². The van der Waals surface area contributed by atoms with Gasteiger partial charge in [-0.1, -0.05) is 12.1 Å². The van der Waals surface area contributed by atoms with E-state index >= 15 is 0 Å². The Morgan fingerprint density at radius 2 is 1.96 bits per heavy atom. The minimum atomic E-state index is -4.42. The first-order chi connectivity index (χ1) is 13.0. The molecule has 1 aromatic rings. The minimum absolute atomic E-state index is 0.143. The fourth-order valence-electron chi connectivity index (χ4n) is 3.13. The minimum Gasteiger partial charge on any atom is -0.381 e. The Bertz CT molecular complexity index is 804. The van der Waals surface area contributed by atoms with Crippen LogP contribution in [-0.4, -0.2) is 52.2 Å². The van der Waals surface area contributed by atoms with E-state index in [1.165, 1.54) is 19.4 Å². The van der Waals surface area contributed by atoms with Crippen molar-refractivity contribution in [3.05, 3.63) is 35.4 Å². The second kappa shape index (κ2) is 8.69. The van der Waals surface area contributed by atoms with E-state index in [2.05, 4.69) is 15.6 Å². The van der Waals surface area contributed by atoms with Gasteiger partial charge < -0.3 is 15.4 Å². The Balaban J connectivity index is 2.08. The summed E-state index contributed by atoms with van der Waals surface area (Å²) in [4.78, 5) is 4.07. The maximum atomic E-state index is 12.9. The molecule has 0 amide bonds.